The number of likely N-dealkylation sites (N-methyl/N-ethyl adjacent to an activating group) is 1. The van der Waals surface area contributed by atoms with Crippen molar-refractivity contribution < 1.29 is 14.3 Å². The van der Waals surface area contributed by atoms with Crippen LogP contribution in [0.1, 0.15) is 16.7 Å². The summed E-state index contributed by atoms with van der Waals surface area (Å²) in [6, 6.07) is 26.3. The molecular formula is C26H28N2O3. The molecule has 3 aromatic rings. The van der Waals surface area contributed by atoms with Crippen LogP contribution in [0.5, 0.6) is 5.75 Å². The number of carbonyl (C=O) groups excluding carboxylic acids is 2. The largest absolute Gasteiger partial charge is 0.497 e. The molecule has 0 radical (unpaired) electrons. The van der Waals surface area contributed by atoms with Crippen LogP contribution < -0.4 is 10.1 Å². The second-order valence-electron chi connectivity index (χ2n) is 7.35. The highest BCUT2D eigenvalue weighted by Gasteiger charge is 2.29. The molecule has 0 heterocycles. The minimum atomic E-state index is -0.613. The summed E-state index contributed by atoms with van der Waals surface area (Å²) in [5.41, 5.74) is 2.86. The molecule has 0 saturated carbocycles. The van der Waals surface area contributed by atoms with Crippen molar-refractivity contribution >= 4 is 11.8 Å². The molecule has 0 fully saturated rings. The number of benzene rings is 3. The highest BCUT2D eigenvalue weighted by atomic mass is 16.5. The first-order valence-corrected chi connectivity index (χ1v) is 10.3. The van der Waals surface area contributed by atoms with Gasteiger partial charge in [0.25, 0.3) is 0 Å². The first-order valence-electron chi connectivity index (χ1n) is 10.3. The Morgan fingerprint density at radius 3 is 1.97 bits per heavy atom. The van der Waals surface area contributed by atoms with Crippen molar-refractivity contribution in [1.82, 2.24) is 10.2 Å². The Kier molecular flexibility index (Phi) is 7.82. The second-order valence-corrected chi connectivity index (χ2v) is 7.35. The van der Waals surface area contributed by atoms with Crippen LogP contribution in [0.25, 0.3) is 0 Å². The van der Waals surface area contributed by atoms with Crippen LogP contribution in [-0.2, 0) is 29.0 Å². The van der Waals surface area contributed by atoms with Gasteiger partial charge in [-0.1, -0.05) is 72.8 Å². The Morgan fingerprint density at radius 1 is 0.839 bits per heavy atom. The maximum absolute atomic E-state index is 13.4. The van der Waals surface area contributed by atoms with E-state index in [0.717, 1.165) is 22.4 Å². The Balaban J connectivity index is 1.89. The minimum Gasteiger partial charge on any atom is -0.497 e. The molecule has 0 unspecified atom stereocenters. The molecule has 0 saturated heterocycles. The van der Waals surface area contributed by atoms with E-state index in [1.165, 1.54) is 0 Å². The third kappa shape index (κ3) is 6.19. The van der Waals surface area contributed by atoms with Crippen molar-refractivity contribution in [3.8, 4) is 5.75 Å². The van der Waals surface area contributed by atoms with Crippen molar-refractivity contribution in [3.63, 3.8) is 0 Å². The fraction of sp³-hybridized carbons (Fsp3) is 0.231. The minimum absolute atomic E-state index is 0.0986. The average molecular weight is 417 g/mol. The van der Waals surface area contributed by atoms with Crippen LogP contribution >= 0.6 is 0 Å². The summed E-state index contributed by atoms with van der Waals surface area (Å²) in [7, 11) is 3.22. The molecule has 1 atom stereocenters. The molecule has 5 heteroatoms. The summed E-state index contributed by atoms with van der Waals surface area (Å²) >= 11 is 0. The zero-order valence-electron chi connectivity index (χ0n) is 18.0. The molecule has 3 rings (SSSR count). The van der Waals surface area contributed by atoms with E-state index in [1.807, 2.05) is 84.9 Å². The predicted molar refractivity (Wildman–Crippen MR) is 122 cm³/mol. The SMILES string of the molecule is CNC(=O)[C@H](Cc1ccccc1)N(Cc1ccccc1)C(=O)Cc1ccc(OC)cc1. The van der Waals surface area contributed by atoms with E-state index in [4.69, 9.17) is 4.74 Å². The summed E-state index contributed by atoms with van der Waals surface area (Å²) in [4.78, 5) is 28.0. The molecular weight excluding hydrogens is 388 g/mol. The second kappa shape index (κ2) is 11.0. The molecule has 2 amide bonds. The number of methoxy groups -OCH3 is 1. The standard InChI is InChI=1S/C26H28N2O3/c1-27-26(30)24(17-20-9-5-3-6-10-20)28(19-22-11-7-4-8-12-22)25(29)18-21-13-15-23(31-2)16-14-21/h3-16,24H,17-19H2,1-2H3,(H,27,30)/t24-/m0/s1. The number of carbonyl (C=O) groups is 2. The topological polar surface area (TPSA) is 58.6 Å². The van der Waals surface area contributed by atoms with Gasteiger partial charge in [0.05, 0.1) is 13.5 Å². The smallest absolute Gasteiger partial charge is 0.242 e. The van der Waals surface area contributed by atoms with Gasteiger partial charge in [-0.25, -0.2) is 0 Å². The van der Waals surface area contributed by atoms with E-state index < -0.39 is 6.04 Å². The monoisotopic (exact) mass is 416 g/mol. The van der Waals surface area contributed by atoms with Crippen molar-refractivity contribution in [1.29, 1.82) is 0 Å². The van der Waals surface area contributed by atoms with Crippen molar-refractivity contribution in [2.75, 3.05) is 14.2 Å². The first kappa shape index (κ1) is 22.1. The van der Waals surface area contributed by atoms with E-state index in [2.05, 4.69) is 5.32 Å². The summed E-state index contributed by atoms with van der Waals surface area (Å²) in [5, 5.41) is 2.74. The van der Waals surface area contributed by atoms with Gasteiger partial charge in [0, 0.05) is 20.0 Å². The van der Waals surface area contributed by atoms with Gasteiger partial charge in [-0.05, 0) is 28.8 Å². The summed E-state index contributed by atoms with van der Waals surface area (Å²) in [6.07, 6.45) is 0.654. The normalized spacial score (nSPS) is 11.4. The lowest BCUT2D eigenvalue weighted by molar-refractivity contribution is -0.140. The predicted octanol–water partition coefficient (Wildman–Crippen LogP) is 3.62. The number of nitrogens with zero attached hydrogens (tertiary/aromatic N) is 1. The number of amides is 2. The highest BCUT2D eigenvalue weighted by Crippen LogP contribution is 2.18. The molecule has 0 bridgehead atoms. The maximum atomic E-state index is 13.4. The number of rotatable bonds is 9. The Hall–Kier alpha value is -3.60. The lowest BCUT2D eigenvalue weighted by Crippen LogP contribution is -2.50. The molecule has 31 heavy (non-hydrogen) atoms. The molecule has 0 spiro atoms. The number of hydrogen-bond donors (Lipinski definition) is 1. The summed E-state index contributed by atoms with van der Waals surface area (Å²) in [6.45, 7) is 0.362. The third-order valence-corrected chi connectivity index (χ3v) is 5.23. The molecule has 0 aliphatic heterocycles. The van der Waals surface area contributed by atoms with Crippen LogP contribution in [0.4, 0.5) is 0 Å². The lowest BCUT2D eigenvalue weighted by Gasteiger charge is -2.31. The maximum Gasteiger partial charge on any atom is 0.242 e. The molecule has 0 aliphatic carbocycles. The van der Waals surface area contributed by atoms with Crippen LogP contribution in [0, 0.1) is 0 Å². The van der Waals surface area contributed by atoms with Gasteiger partial charge in [-0.3, -0.25) is 9.59 Å². The van der Waals surface area contributed by atoms with Gasteiger partial charge >= 0.3 is 0 Å². The van der Waals surface area contributed by atoms with Gasteiger partial charge in [-0.2, -0.15) is 0 Å². The Labute approximate surface area is 183 Å². The molecule has 160 valence electrons. The van der Waals surface area contributed by atoms with Crippen LogP contribution in [0.3, 0.4) is 0 Å². The Bertz CT molecular complexity index is 973. The van der Waals surface area contributed by atoms with E-state index in [9.17, 15) is 9.59 Å². The van der Waals surface area contributed by atoms with E-state index in [-0.39, 0.29) is 18.2 Å². The summed E-state index contributed by atoms with van der Waals surface area (Å²) < 4.78 is 5.20. The number of hydrogen-bond acceptors (Lipinski definition) is 3. The molecule has 1 N–H and O–H groups in total. The highest BCUT2D eigenvalue weighted by molar-refractivity contribution is 5.88. The molecule has 5 nitrogen and oxygen atoms in total. The zero-order chi connectivity index (χ0) is 22.1. The molecule has 0 aromatic heterocycles. The zero-order valence-corrected chi connectivity index (χ0v) is 18.0. The van der Waals surface area contributed by atoms with Gasteiger partial charge in [-0.15, -0.1) is 0 Å². The first-order chi connectivity index (χ1) is 15.1. The van der Waals surface area contributed by atoms with E-state index in [1.54, 1.807) is 19.1 Å². The Morgan fingerprint density at radius 2 is 1.42 bits per heavy atom. The third-order valence-electron chi connectivity index (χ3n) is 5.23. The summed E-state index contributed by atoms with van der Waals surface area (Å²) in [5.74, 6) is 0.464. The van der Waals surface area contributed by atoms with Gasteiger partial charge in [0.15, 0.2) is 0 Å². The quantitative estimate of drug-likeness (QED) is 0.580. The lowest BCUT2D eigenvalue weighted by atomic mass is 10.0. The van der Waals surface area contributed by atoms with Crippen molar-refractivity contribution in [3.05, 3.63) is 102 Å². The van der Waals surface area contributed by atoms with E-state index >= 15 is 0 Å². The number of nitrogens with one attached hydrogen (secondary N) is 1. The van der Waals surface area contributed by atoms with E-state index in [0.29, 0.717) is 13.0 Å². The van der Waals surface area contributed by atoms with Crippen molar-refractivity contribution in [2.45, 2.75) is 25.4 Å². The van der Waals surface area contributed by atoms with Crippen LogP contribution in [0.15, 0.2) is 84.9 Å². The number of ether oxygens (including phenoxy) is 1. The molecule has 3 aromatic carbocycles. The van der Waals surface area contributed by atoms with Crippen LogP contribution in [-0.4, -0.2) is 36.9 Å². The van der Waals surface area contributed by atoms with Gasteiger partial charge in [0.1, 0.15) is 11.8 Å². The molecule has 0 aliphatic rings. The van der Waals surface area contributed by atoms with Gasteiger partial charge in [0.2, 0.25) is 11.8 Å². The van der Waals surface area contributed by atoms with Crippen LogP contribution in [0.2, 0.25) is 0 Å². The average Bonchev–Trinajstić information content (AvgIpc) is 2.82. The fourth-order valence-corrected chi connectivity index (χ4v) is 3.52. The fourth-order valence-electron chi connectivity index (χ4n) is 3.52. The van der Waals surface area contributed by atoms with Crippen molar-refractivity contribution in [2.24, 2.45) is 0 Å². The van der Waals surface area contributed by atoms with Gasteiger partial charge < -0.3 is 15.0 Å².